The van der Waals surface area contributed by atoms with E-state index in [9.17, 15) is 9.18 Å². The Morgan fingerprint density at radius 3 is 2.50 bits per heavy atom. The Morgan fingerprint density at radius 2 is 1.86 bits per heavy atom. The zero-order valence-electron chi connectivity index (χ0n) is 12.6. The van der Waals surface area contributed by atoms with Gasteiger partial charge in [-0.05, 0) is 38.1 Å². The van der Waals surface area contributed by atoms with Gasteiger partial charge in [-0.3, -0.25) is 9.36 Å². The van der Waals surface area contributed by atoms with E-state index >= 15 is 0 Å². The van der Waals surface area contributed by atoms with Gasteiger partial charge < -0.3 is 9.64 Å². The number of carbonyl (C=O) groups is 1. The number of morpholine rings is 1. The molecule has 0 saturated carbocycles. The molecular formula is C16H18FN3O2. The molecule has 1 saturated heterocycles. The SMILES string of the molecule is C[C@H]1CN(C(=O)c2cncn2-c2ccc(F)cc2)C[C@H](C)O1. The van der Waals surface area contributed by atoms with Crippen LogP contribution in [0.15, 0.2) is 36.8 Å². The molecule has 2 aromatic rings. The lowest BCUT2D eigenvalue weighted by Crippen LogP contribution is -2.48. The number of aromatic nitrogens is 2. The number of nitrogens with zero attached hydrogens (tertiary/aromatic N) is 3. The van der Waals surface area contributed by atoms with Crippen molar-refractivity contribution in [3.05, 3.63) is 48.3 Å². The Morgan fingerprint density at radius 1 is 1.23 bits per heavy atom. The monoisotopic (exact) mass is 303 g/mol. The molecule has 0 aliphatic carbocycles. The molecule has 5 nitrogen and oxygen atoms in total. The second-order valence-corrected chi connectivity index (χ2v) is 5.59. The van der Waals surface area contributed by atoms with Crippen LogP contribution in [0, 0.1) is 5.82 Å². The maximum absolute atomic E-state index is 13.1. The van der Waals surface area contributed by atoms with Crippen LogP contribution in [-0.4, -0.2) is 45.7 Å². The van der Waals surface area contributed by atoms with E-state index in [1.165, 1.54) is 18.3 Å². The summed E-state index contributed by atoms with van der Waals surface area (Å²) < 4.78 is 20.4. The van der Waals surface area contributed by atoms with Gasteiger partial charge >= 0.3 is 0 Å². The smallest absolute Gasteiger partial charge is 0.272 e. The molecule has 22 heavy (non-hydrogen) atoms. The van der Waals surface area contributed by atoms with E-state index in [1.807, 2.05) is 13.8 Å². The van der Waals surface area contributed by atoms with Crippen molar-refractivity contribution >= 4 is 5.91 Å². The van der Waals surface area contributed by atoms with E-state index < -0.39 is 0 Å². The molecule has 1 amide bonds. The van der Waals surface area contributed by atoms with E-state index in [2.05, 4.69) is 4.98 Å². The quantitative estimate of drug-likeness (QED) is 0.855. The highest BCUT2D eigenvalue weighted by molar-refractivity contribution is 5.93. The topological polar surface area (TPSA) is 47.4 Å². The zero-order chi connectivity index (χ0) is 15.7. The van der Waals surface area contributed by atoms with Crippen LogP contribution in [0.25, 0.3) is 5.69 Å². The highest BCUT2D eigenvalue weighted by Crippen LogP contribution is 2.17. The van der Waals surface area contributed by atoms with Gasteiger partial charge in [-0.25, -0.2) is 9.37 Å². The first kappa shape index (κ1) is 14.7. The Balaban J connectivity index is 1.88. The van der Waals surface area contributed by atoms with Gasteiger partial charge in [0.1, 0.15) is 11.5 Å². The maximum Gasteiger partial charge on any atom is 0.272 e. The van der Waals surface area contributed by atoms with Crippen LogP contribution in [0.4, 0.5) is 4.39 Å². The summed E-state index contributed by atoms with van der Waals surface area (Å²) in [6, 6.07) is 5.97. The molecule has 0 N–H and O–H groups in total. The highest BCUT2D eigenvalue weighted by atomic mass is 19.1. The third kappa shape index (κ3) is 2.87. The number of carbonyl (C=O) groups excluding carboxylic acids is 1. The van der Waals surface area contributed by atoms with Crippen molar-refractivity contribution in [2.24, 2.45) is 0 Å². The molecule has 1 aromatic heterocycles. The fourth-order valence-electron chi connectivity index (χ4n) is 2.77. The molecule has 0 bridgehead atoms. The summed E-state index contributed by atoms with van der Waals surface area (Å²) in [5, 5.41) is 0. The minimum absolute atomic E-state index is 0.00916. The Bertz CT molecular complexity index is 658. The molecular weight excluding hydrogens is 285 g/mol. The fourth-order valence-corrected chi connectivity index (χ4v) is 2.77. The molecule has 0 unspecified atom stereocenters. The lowest BCUT2D eigenvalue weighted by Gasteiger charge is -2.35. The maximum atomic E-state index is 13.1. The van der Waals surface area contributed by atoms with Gasteiger partial charge in [-0.2, -0.15) is 0 Å². The molecule has 1 fully saturated rings. The molecule has 6 heteroatoms. The number of benzene rings is 1. The summed E-state index contributed by atoms with van der Waals surface area (Å²) in [6.07, 6.45) is 3.12. The van der Waals surface area contributed by atoms with E-state index in [4.69, 9.17) is 4.74 Å². The molecule has 2 atom stereocenters. The van der Waals surface area contributed by atoms with Crippen molar-refractivity contribution in [3.8, 4) is 5.69 Å². The van der Waals surface area contributed by atoms with Gasteiger partial charge in [0.25, 0.3) is 5.91 Å². The number of ether oxygens (including phenoxy) is 1. The van der Waals surface area contributed by atoms with Crippen molar-refractivity contribution < 1.29 is 13.9 Å². The number of imidazole rings is 1. The number of hydrogen-bond donors (Lipinski definition) is 0. The van der Waals surface area contributed by atoms with Crippen LogP contribution >= 0.6 is 0 Å². The van der Waals surface area contributed by atoms with Crippen LogP contribution < -0.4 is 0 Å². The molecule has 3 rings (SSSR count). The van der Waals surface area contributed by atoms with E-state index in [1.54, 1.807) is 27.9 Å². The third-order valence-electron chi connectivity index (χ3n) is 3.67. The van der Waals surface area contributed by atoms with Crippen LogP contribution in [-0.2, 0) is 4.74 Å². The van der Waals surface area contributed by atoms with Gasteiger partial charge in [0.05, 0.1) is 24.7 Å². The van der Waals surface area contributed by atoms with Gasteiger partial charge in [0.2, 0.25) is 0 Å². The summed E-state index contributed by atoms with van der Waals surface area (Å²) in [5.41, 5.74) is 1.17. The zero-order valence-corrected chi connectivity index (χ0v) is 12.6. The first-order valence-corrected chi connectivity index (χ1v) is 7.27. The van der Waals surface area contributed by atoms with Gasteiger partial charge in [-0.15, -0.1) is 0 Å². The number of amides is 1. The minimum atomic E-state index is -0.312. The number of halogens is 1. The number of hydrogen-bond acceptors (Lipinski definition) is 3. The predicted octanol–water partition coefficient (Wildman–Crippen LogP) is 2.26. The molecule has 1 aromatic carbocycles. The summed E-state index contributed by atoms with van der Waals surface area (Å²) in [5.74, 6) is -0.406. The summed E-state index contributed by atoms with van der Waals surface area (Å²) >= 11 is 0. The minimum Gasteiger partial charge on any atom is -0.372 e. The third-order valence-corrected chi connectivity index (χ3v) is 3.67. The molecule has 1 aliphatic heterocycles. The second kappa shape index (κ2) is 5.88. The first-order chi connectivity index (χ1) is 10.5. The van der Waals surface area contributed by atoms with Gasteiger partial charge in [-0.1, -0.05) is 0 Å². The second-order valence-electron chi connectivity index (χ2n) is 5.59. The highest BCUT2D eigenvalue weighted by Gasteiger charge is 2.28. The lowest BCUT2D eigenvalue weighted by molar-refractivity contribution is -0.0587. The van der Waals surface area contributed by atoms with E-state index in [-0.39, 0.29) is 23.9 Å². The lowest BCUT2D eigenvalue weighted by atomic mass is 10.2. The Kier molecular flexibility index (Phi) is 3.94. The van der Waals surface area contributed by atoms with Crippen LogP contribution in [0.5, 0.6) is 0 Å². The summed E-state index contributed by atoms with van der Waals surface area (Å²) in [4.78, 5) is 18.6. The normalized spacial score (nSPS) is 21.9. The molecule has 116 valence electrons. The van der Waals surface area contributed by atoms with Crippen LogP contribution in [0.3, 0.4) is 0 Å². The summed E-state index contributed by atoms with van der Waals surface area (Å²) in [7, 11) is 0. The Hall–Kier alpha value is -2.21. The molecule has 0 radical (unpaired) electrons. The first-order valence-electron chi connectivity index (χ1n) is 7.27. The van der Waals surface area contributed by atoms with Crippen molar-refractivity contribution in [1.29, 1.82) is 0 Å². The molecule has 1 aliphatic rings. The standard InChI is InChI=1S/C16H18FN3O2/c1-11-8-19(9-12(2)22-11)16(21)15-7-18-10-20(15)14-5-3-13(17)4-6-14/h3-7,10-12H,8-9H2,1-2H3/t11-,12-/m0/s1. The summed E-state index contributed by atoms with van der Waals surface area (Å²) in [6.45, 7) is 5.01. The largest absolute Gasteiger partial charge is 0.372 e. The van der Waals surface area contributed by atoms with Crippen LogP contribution in [0.1, 0.15) is 24.3 Å². The van der Waals surface area contributed by atoms with Gasteiger partial charge in [0, 0.05) is 18.8 Å². The Labute approximate surface area is 128 Å². The van der Waals surface area contributed by atoms with E-state index in [0.29, 0.717) is 24.5 Å². The van der Waals surface area contributed by atoms with E-state index in [0.717, 1.165) is 0 Å². The van der Waals surface area contributed by atoms with Crippen molar-refractivity contribution in [2.75, 3.05) is 13.1 Å². The average molecular weight is 303 g/mol. The molecule has 0 spiro atoms. The van der Waals surface area contributed by atoms with Crippen molar-refractivity contribution in [1.82, 2.24) is 14.5 Å². The fraction of sp³-hybridized carbons (Fsp3) is 0.375. The average Bonchev–Trinajstić information content (AvgIpc) is 2.95. The number of rotatable bonds is 2. The van der Waals surface area contributed by atoms with Crippen molar-refractivity contribution in [2.45, 2.75) is 26.1 Å². The van der Waals surface area contributed by atoms with Crippen LogP contribution in [0.2, 0.25) is 0 Å². The molecule has 2 heterocycles. The van der Waals surface area contributed by atoms with Gasteiger partial charge in [0.15, 0.2) is 0 Å². The predicted molar refractivity (Wildman–Crippen MR) is 79.4 cm³/mol. The van der Waals surface area contributed by atoms with Crippen molar-refractivity contribution in [3.63, 3.8) is 0 Å².